The van der Waals surface area contributed by atoms with Gasteiger partial charge in [-0.1, -0.05) is 19.8 Å². The molecular formula is C23H24N2O2. The van der Waals surface area contributed by atoms with Crippen LogP contribution < -0.4 is 9.47 Å². The van der Waals surface area contributed by atoms with E-state index in [0.29, 0.717) is 6.04 Å². The van der Waals surface area contributed by atoms with E-state index in [0.717, 1.165) is 64.9 Å². The molecule has 1 atom stereocenters. The van der Waals surface area contributed by atoms with E-state index in [-0.39, 0.29) is 0 Å². The molecule has 27 heavy (non-hydrogen) atoms. The number of aromatic nitrogens is 1. The number of unbranched alkanes of at least 4 members (excludes halogenated alkanes) is 1. The average Bonchev–Trinajstić information content (AvgIpc) is 3.05. The van der Waals surface area contributed by atoms with Crippen LogP contribution >= 0.6 is 0 Å². The minimum absolute atomic E-state index is 0.330. The molecule has 0 spiro atoms. The average molecular weight is 360 g/mol. The molecule has 1 aliphatic rings. The van der Waals surface area contributed by atoms with E-state index in [1.807, 2.05) is 18.2 Å². The molecule has 4 nitrogen and oxygen atoms in total. The third-order valence-corrected chi connectivity index (χ3v) is 5.60. The lowest BCUT2D eigenvalue weighted by atomic mass is 9.90. The summed E-state index contributed by atoms with van der Waals surface area (Å²) in [5.74, 6) is 1.69. The van der Waals surface area contributed by atoms with Crippen molar-refractivity contribution in [3.05, 3.63) is 47.5 Å². The molecule has 2 aromatic carbocycles. The number of rotatable bonds is 5. The van der Waals surface area contributed by atoms with E-state index in [1.54, 1.807) is 14.2 Å². The first-order valence-corrected chi connectivity index (χ1v) is 9.51. The van der Waals surface area contributed by atoms with Gasteiger partial charge < -0.3 is 14.0 Å². The smallest absolute Gasteiger partial charge is 0.120 e. The molecule has 0 saturated heterocycles. The van der Waals surface area contributed by atoms with Gasteiger partial charge in [-0.25, -0.2) is 0 Å². The summed E-state index contributed by atoms with van der Waals surface area (Å²) in [4.78, 5) is 0. The Morgan fingerprint density at radius 2 is 1.85 bits per heavy atom. The van der Waals surface area contributed by atoms with Crippen molar-refractivity contribution < 1.29 is 9.47 Å². The molecule has 3 aromatic rings. The molecule has 0 saturated carbocycles. The van der Waals surface area contributed by atoms with E-state index in [1.165, 1.54) is 5.56 Å². The standard InChI is InChI=1S/C23H24N2O2/c1-4-5-6-16-11-15-12-17(26-2)7-9-19(15)23-21(14-24)20-10-8-18(27-3)13-22(20)25(16)23/h7-10,12-13,16H,4-6,11H2,1-3H3. The molecule has 0 fully saturated rings. The number of nitriles is 1. The molecule has 1 unspecified atom stereocenters. The van der Waals surface area contributed by atoms with Crippen molar-refractivity contribution in [2.24, 2.45) is 0 Å². The van der Waals surface area contributed by atoms with Gasteiger partial charge in [-0.2, -0.15) is 5.26 Å². The summed E-state index contributed by atoms with van der Waals surface area (Å²) in [5, 5.41) is 11.0. The fraction of sp³-hybridized carbons (Fsp3) is 0.348. The lowest BCUT2D eigenvalue weighted by Crippen LogP contribution is -2.19. The van der Waals surface area contributed by atoms with Crippen LogP contribution in [0.4, 0.5) is 0 Å². The fourth-order valence-corrected chi connectivity index (χ4v) is 4.29. The molecule has 0 radical (unpaired) electrons. The van der Waals surface area contributed by atoms with E-state index in [9.17, 15) is 5.26 Å². The summed E-state index contributed by atoms with van der Waals surface area (Å²) in [6, 6.07) is 15.0. The van der Waals surface area contributed by atoms with Gasteiger partial charge in [-0.15, -0.1) is 0 Å². The molecule has 0 bridgehead atoms. The second-order valence-electron chi connectivity index (χ2n) is 7.11. The number of hydrogen-bond donors (Lipinski definition) is 0. The number of fused-ring (bicyclic) bond motifs is 5. The van der Waals surface area contributed by atoms with Crippen LogP contribution in [0.25, 0.3) is 22.2 Å². The SMILES string of the molecule is CCCCC1Cc2cc(OC)ccc2-c2c(C#N)c3ccc(OC)cc3n21. The number of benzene rings is 2. The van der Waals surface area contributed by atoms with Crippen LogP contribution in [-0.4, -0.2) is 18.8 Å². The quantitative estimate of drug-likeness (QED) is 0.605. The van der Waals surface area contributed by atoms with Crippen LogP contribution in [0.3, 0.4) is 0 Å². The molecule has 4 heteroatoms. The number of hydrogen-bond acceptors (Lipinski definition) is 3. The highest BCUT2D eigenvalue weighted by Crippen LogP contribution is 2.45. The Kier molecular flexibility index (Phi) is 4.53. The van der Waals surface area contributed by atoms with Crippen LogP contribution in [0.1, 0.15) is 43.4 Å². The van der Waals surface area contributed by atoms with Crippen molar-refractivity contribution in [1.29, 1.82) is 5.26 Å². The summed E-state index contributed by atoms with van der Waals surface area (Å²) in [7, 11) is 3.38. The van der Waals surface area contributed by atoms with Crippen LogP contribution in [0.15, 0.2) is 36.4 Å². The zero-order chi connectivity index (χ0) is 19.0. The third-order valence-electron chi connectivity index (χ3n) is 5.60. The Labute approximate surface area is 159 Å². The van der Waals surface area contributed by atoms with Crippen molar-refractivity contribution >= 4 is 10.9 Å². The largest absolute Gasteiger partial charge is 0.497 e. The monoisotopic (exact) mass is 360 g/mol. The number of ether oxygens (including phenoxy) is 2. The van der Waals surface area contributed by atoms with Gasteiger partial charge in [0.25, 0.3) is 0 Å². The van der Waals surface area contributed by atoms with Gasteiger partial charge in [0.15, 0.2) is 0 Å². The number of methoxy groups -OCH3 is 2. The summed E-state index contributed by atoms with van der Waals surface area (Å²) >= 11 is 0. The Bertz CT molecular complexity index is 1040. The summed E-state index contributed by atoms with van der Waals surface area (Å²) in [6.07, 6.45) is 4.36. The van der Waals surface area contributed by atoms with Crippen LogP contribution in [-0.2, 0) is 6.42 Å². The van der Waals surface area contributed by atoms with Crippen molar-refractivity contribution in [1.82, 2.24) is 4.57 Å². The predicted molar refractivity (Wildman–Crippen MR) is 107 cm³/mol. The first-order valence-electron chi connectivity index (χ1n) is 9.51. The van der Waals surface area contributed by atoms with Gasteiger partial charge in [0.05, 0.1) is 31.0 Å². The van der Waals surface area contributed by atoms with Gasteiger partial charge in [0, 0.05) is 23.1 Å². The molecule has 4 rings (SSSR count). The molecule has 0 aliphatic carbocycles. The van der Waals surface area contributed by atoms with Gasteiger partial charge in [0.1, 0.15) is 17.6 Å². The topological polar surface area (TPSA) is 47.2 Å². The lowest BCUT2D eigenvalue weighted by molar-refractivity contribution is 0.411. The van der Waals surface area contributed by atoms with Gasteiger partial charge in [-0.05, 0) is 48.7 Å². The van der Waals surface area contributed by atoms with Crippen LogP contribution in [0.5, 0.6) is 11.5 Å². The highest BCUT2D eigenvalue weighted by atomic mass is 16.5. The Hall–Kier alpha value is -2.93. The maximum Gasteiger partial charge on any atom is 0.120 e. The summed E-state index contributed by atoms with van der Waals surface area (Å²) in [5.41, 5.74) is 5.26. The minimum Gasteiger partial charge on any atom is -0.497 e. The second-order valence-corrected chi connectivity index (χ2v) is 7.11. The van der Waals surface area contributed by atoms with Gasteiger partial charge >= 0.3 is 0 Å². The first-order chi connectivity index (χ1) is 13.2. The second kappa shape index (κ2) is 7.00. The fourth-order valence-electron chi connectivity index (χ4n) is 4.29. The molecule has 1 aromatic heterocycles. The molecule has 2 heterocycles. The molecular weight excluding hydrogens is 336 g/mol. The predicted octanol–water partition coefficient (Wildman–Crippen LogP) is 5.48. The van der Waals surface area contributed by atoms with Gasteiger partial charge in [0.2, 0.25) is 0 Å². The Morgan fingerprint density at radius 1 is 1.11 bits per heavy atom. The van der Waals surface area contributed by atoms with Crippen LogP contribution in [0.2, 0.25) is 0 Å². The zero-order valence-electron chi connectivity index (χ0n) is 16.1. The normalized spacial score (nSPS) is 15.1. The van der Waals surface area contributed by atoms with Crippen LogP contribution in [0, 0.1) is 11.3 Å². The zero-order valence-corrected chi connectivity index (χ0v) is 16.1. The first kappa shape index (κ1) is 17.5. The minimum atomic E-state index is 0.330. The van der Waals surface area contributed by atoms with Crippen molar-refractivity contribution in [2.75, 3.05) is 14.2 Å². The lowest BCUT2D eigenvalue weighted by Gasteiger charge is -2.30. The third kappa shape index (κ3) is 2.75. The van der Waals surface area contributed by atoms with E-state index < -0.39 is 0 Å². The molecule has 0 amide bonds. The molecule has 138 valence electrons. The van der Waals surface area contributed by atoms with E-state index in [4.69, 9.17) is 9.47 Å². The number of nitrogens with zero attached hydrogens (tertiary/aromatic N) is 2. The summed E-state index contributed by atoms with van der Waals surface area (Å²) in [6.45, 7) is 2.22. The maximum atomic E-state index is 9.98. The van der Waals surface area contributed by atoms with Crippen molar-refractivity contribution in [3.8, 4) is 28.8 Å². The molecule has 1 aliphatic heterocycles. The van der Waals surface area contributed by atoms with Gasteiger partial charge in [-0.3, -0.25) is 0 Å². The highest BCUT2D eigenvalue weighted by molar-refractivity contribution is 5.96. The maximum absolute atomic E-state index is 9.98. The van der Waals surface area contributed by atoms with E-state index in [2.05, 4.69) is 35.8 Å². The molecule has 0 N–H and O–H groups in total. The highest BCUT2D eigenvalue weighted by Gasteiger charge is 2.30. The van der Waals surface area contributed by atoms with Crippen molar-refractivity contribution in [2.45, 2.75) is 38.6 Å². The van der Waals surface area contributed by atoms with Crippen molar-refractivity contribution in [3.63, 3.8) is 0 Å². The summed E-state index contributed by atoms with van der Waals surface area (Å²) < 4.78 is 13.3. The van der Waals surface area contributed by atoms with E-state index >= 15 is 0 Å². The Balaban J connectivity index is 2.03. The Morgan fingerprint density at radius 3 is 2.56 bits per heavy atom.